The molecule has 2 N–H and O–H groups in total. The first-order valence-electron chi connectivity index (χ1n) is 9.98. The summed E-state index contributed by atoms with van der Waals surface area (Å²) < 4.78 is 13.6. The highest BCUT2D eigenvalue weighted by molar-refractivity contribution is 5.75. The molecule has 7 nitrogen and oxygen atoms in total. The van der Waals surface area contributed by atoms with Crippen molar-refractivity contribution in [2.75, 3.05) is 13.2 Å². The number of amides is 2. The summed E-state index contributed by atoms with van der Waals surface area (Å²) in [6.45, 7) is 7.43. The first-order valence-corrected chi connectivity index (χ1v) is 9.98. The number of aromatic nitrogens is 2. The minimum atomic E-state index is -0.170. The van der Waals surface area contributed by atoms with Crippen LogP contribution < -0.4 is 15.4 Å². The molecule has 0 saturated carbocycles. The van der Waals surface area contributed by atoms with Gasteiger partial charge in [0.15, 0.2) is 0 Å². The van der Waals surface area contributed by atoms with Crippen molar-refractivity contribution >= 4 is 6.03 Å². The molecular weight excluding hydrogens is 356 g/mol. The lowest BCUT2D eigenvalue weighted by molar-refractivity contribution is 0.0996. The molecule has 150 valence electrons. The molecule has 2 aliphatic rings. The fourth-order valence-corrected chi connectivity index (χ4v) is 3.95. The number of ether oxygens (including phenoxy) is 2. The van der Waals surface area contributed by atoms with Crippen molar-refractivity contribution in [3.05, 3.63) is 47.3 Å². The quantitative estimate of drug-likeness (QED) is 0.847. The summed E-state index contributed by atoms with van der Waals surface area (Å²) >= 11 is 0. The van der Waals surface area contributed by atoms with Gasteiger partial charge in [-0.3, -0.25) is 4.68 Å². The van der Waals surface area contributed by atoms with E-state index in [-0.39, 0.29) is 24.2 Å². The summed E-state index contributed by atoms with van der Waals surface area (Å²) in [5, 5.41) is 10.6. The van der Waals surface area contributed by atoms with E-state index in [1.54, 1.807) is 0 Å². The summed E-state index contributed by atoms with van der Waals surface area (Å²) in [4.78, 5) is 12.7. The SMILES string of the molecule is Cc1cccc2c1OCC[C@H]2NC(=O)N[C@@H]1CCO[C@H]1c1cnn(C(C)C)c1. The third kappa shape index (κ3) is 3.71. The second-order valence-electron chi connectivity index (χ2n) is 7.83. The van der Waals surface area contributed by atoms with Gasteiger partial charge in [0.05, 0.1) is 24.9 Å². The average Bonchev–Trinajstić information content (AvgIpc) is 3.31. The molecule has 0 spiro atoms. The van der Waals surface area contributed by atoms with Crippen LogP contribution >= 0.6 is 0 Å². The van der Waals surface area contributed by atoms with Gasteiger partial charge in [-0.15, -0.1) is 0 Å². The van der Waals surface area contributed by atoms with Gasteiger partial charge in [-0.2, -0.15) is 5.10 Å². The molecule has 2 aromatic rings. The van der Waals surface area contributed by atoms with Gasteiger partial charge in [0.1, 0.15) is 11.9 Å². The number of urea groups is 1. The molecule has 28 heavy (non-hydrogen) atoms. The zero-order chi connectivity index (χ0) is 19.7. The number of rotatable bonds is 4. The molecule has 3 heterocycles. The number of aryl methyl sites for hydroxylation is 1. The Labute approximate surface area is 165 Å². The number of hydrogen-bond acceptors (Lipinski definition) is 4. The van der Waals surface area contributed by atoms with Gasteiger partial charge < -0.3 is 20.1 Å². The summed E-state index contributed by atoms with van der Waals surface area (Å²) in [7, 11) is 0. The number of nitrogens with one attached hydrogen (secondary N) is 2. The lowest BCUT2D eigenvalue weighted by Gasteiger charge is -2.28. The first kappa shape index (κ1) is 18.8. The van der Waals surface area contributed by atoms with E-state index in [0.717, 1.165) is 35.3 Å². The maximum absolute atomic E-state index is 12.7. The van der Waals surface area contributed by atoms with E-state index in [1.165, 1.54) is 0 Å². The van der Waals surface area contributed by atoms with Crippen molar-refractivity contribution in [3.8, 4) is 5.75 Å². The van der Waals surface area contributed by atoms with E-state index in [4.69, 9.17) is 9.47 Å². The first-order chi connectivity index (χ1) is 13.5. The number of hydrogen-bond donors (Lipinski definition) is 2. The topological polar surface area (TPSA) is 77.4 Å². The monoisotopic (exact) mass is 384 g/mol. The second-order valence-corrected chi connectivity index (χ2v) is 7.83. The molecule has 0 aliphatic carbocycles. The molecule has 1 saturated heterocycles. The minimum absolute atomic E-state index is 0.0480. The molecule has 7 heteroatoms. The van der Waals surface area contributed by atoms with Crippen LogP contribution in [-0.4, -0.2) is 35.1 Å². The summed E-state index contributed by atoms with van der Waals surface area (Å²) in [5.41, 5.74) is 3.14. The Morgan fingerprint density at radius 3 is 2.89 bits per heavy atom. The largest absolute Gasteiger partial charge is 0.493 e. The van der Waals surface area contributed by atoms with Gasteiger partial charge in [0.25, 0.3) is 0 Å². The van der Waals surface area contributed by atoms with E-state index in [2.05, 4.69) is 29.6 Å². The van der Waals surface area contributed by atoms with Crippen molar-refractivity contribution in [2.24, 2.45) is 0 Å². The number of carbonyl (C=O) groups excluding carboxylic acids is 1. The molecular formula is C21H28N4O3. The Morgan fingerprint density at radius 2 is 2.11 bits per heavy atom. The number of nitrogens with zero attached hydrogens (tertiary/aromatic N) is 2. The van der Waals surface area contributed by atoms with E-state index < -0.39 is 0 Å². The van der Waals surface area contributed by atoms with Crippen LogP contribution in [0.25, 0.3) is 0 Å². The van der Waals surface area contributed by atoms with Crippen LogP contribution in [0.1, 0.15) is 61.6 Å². The number of fused-ring (bicyclic) bond motifs is 1. The molecule has 0 bridgehead atoms. The lowest BCUT2D eigenvalue weighted by atomic mass is 9.98. The van der Waals surface area contributed by atoms with Crippen LogP contribution in [0, 0.1) is 6.92 Å². The Bertz CT molecular complexity index is 848. The van der Waals surface area contributed by atoms with Gasteiger partial charge in [0.2, 0.25) is 0 Å². The van der Waals surface area contributed by atoms with Crippen LogP contribution in [0.4, 0.5) is 4.79 Å². The summed E-state index contributed by atoms with van der Waals surface area (Å²) in [6, 6.07) is 6.06. The third-order valence-electron chi connectivity index (χ3n) is 5.46. The predicted molar refractivity (Wildman–Crippen MR) is 105 cm³/mol. The van der Waals surface area contributed by atoms with Gasteiger partial charge in [-0.25, -0.2) is 4.79 Å². The summed E-state index contributed by atoms with van der Waals surface area (Å²) in [6.07, 6.45) is 5.22. The van der Waals surface area contributed by atoms with Gasteiger partial charge in [-0.1, -0.05) is 18.2 Å². The van der Waals surface area contributed by atoms with Crippen molar-refractivity contribution in [1.29, 1.82) is 0 Å². The normalized spacial score (nSPS) is 23.9. The van der Waals surface area contributed by atoms with Crippen LogP contribution in [0.3, 0.4) is 0 Å². The number of benzene rings is 1. The maximum Gasteiger partial charge on any atom is 0.315 e. The van der Waals surface area contributed by atoms with E-state index >= 15 is 0 Å². The van der Waals surface area contributed by atoms with Gasteiger partial charge >= 0.3 is 6.03 Å². The number of carbonyl (C=O) groups is 1. The van der Waals surface area contributed by atoms with Crippen LogP contribution in [-0.2, 0) is 4.74 Å². The molecule has 2 aliphatic heterocycles. The standard InChI is InChI=1S/C21H28N4O3/c1-13(2)25-12-15(11-22-25)20-18(8-10-28-20)24-21(26)23-17-7-9-27-19-14(3)5-4-6-16(17)19/h4-6,11-13,17-18,20H,7-10H2,1-3H3,(H2,23,24,26)/t17-,18-,20+/m1/s1. The Kier molecular flexibility index (Phi) is 5.26. The fraction of sp³-hybridized carbons (Fsp3) is 0.524. The Morgan fingerprint density at radius 1 is 1.25 bits per heavy atom. The molecule has 1 fully saturated rings. The highest BCUT2D eigenvalue weighted by Crippen LogP contribution is 2.34. The molecule has 0 radical (unpaired) electrons. The Hall–Kier alpha value is -2.54. The predicted octanol–water partition coefficient (Wildman–Crippen LogP) is 3.43. The average molecular weight is 384 g/mol. The third-order valence-corrected chi connectivity index (χ3v) is 5.46. The molecule has 1 aromatic heterocycles. The van der Waals surface area contributed by atoms with Crippen LogP contribution in [0.5, 0.6) is 5.75 Å². The van der Waals surface area contributed by atoms with Crippen LogP contribution in [0.2, 0.25) is 0 Å². The van der Waals surface area contributed by atoms with E-state index in [0.29, 0.717) is 19.3 Å². The molecule has 1 aromatic carbocycles. The van der Waals surface area contributed by atoms with E-state index in [9.17, 15) is 4.79 Å². The summed E-state index contributed by atoms with van der Waals surface area (Å²) in [5.74, 6) is 0.891. The molecule has 0 unspecified atom stereocenters. The zero-order valence-electron chi connectivity index (χ0n) is 16.6. The smallest absolute Gasteiger partial charge is 0.315 e. The molecule has 2 amide bonds. The van der Waals surface area contributed by atoms with Gasteiger partial charge in [-0.05, 0) is 32.8 Å². The lowest BCUT2D eigenvalue weighted by Crippen LogP contribution is -2.45. The van der Waals surface area contributed by atoms with Crippen molar-refractivity contribution < 1.29 is 14.3 Å². The van der Waals surface area contributed by atoms with Crippen LogP contribution in [0.15, 0.2) is 30.6 Å². The second kappa shape index (κ2) is 7.83. The van der Waals surface area contributed by atoms with Crippen molar-refractivity contribution in [3.63, 3.8) is 0 Å². The molecule has 3 atom stereocenters. The Balaban J connectivity index is 1.42. The number of para-hydroxylation sites is 1. The van der Waals surface area contributed by atoms with Crippen molar-refractivity contribution in [1.82, 2.24) is 20.4 Å². The highest BCUT2D eigenvalue weighted by Gasteiger charge is 2.33. The molecule has 4 rings (SSSR count). The van der Waals surface area contributed by atoms with E-state index in [1.807, 2.05) is 42.2 Å². The minimum Gasteiger partial charge on any atom is -0.493 e. The maximum atomic E-state index is 12.7. The van der Waals surface area contributed by atoms with Gasteiger partial charge in [0, 0.05) is 36.4 Å². The zero-order valence-corrected chi connectivity index (χ0v) is 16.6. The highest BCUT2D eigenvalue weighted by atomic mass is 16.5. The van der Waals surface area contributed by atoms with Crippen molar-refractivity contribution in [2.45, 2.75) is 57.8 Å². The fourth-order valence-electron chi connectivity index (χ4n) is 3.95.